The quantitative estimate of drug-likeness (QED) is 0.808. The Morgan fingerprint density at radius 3 is 2.30 bits per heavy atom. The van der Waals surface area contributed by atoms with Gasteiger partial charge in [0.15, 0.2) is 0 Å². The zero-order valence-corrected chi connectivity index (χ0v) is 17.2. The average Bonchev–Trinajstić information content (AvgIpc) is 3.32. The molecule has 3 unspecified atom stereocenters. The van der Waals surface area contributed by atoms with Crippen LogP contribution in [-0.4, -0.2) is 82.4 Å². The Bertz CT molecular complexity index is 775. The summed E-state index contributed by atoms with van der Waals surface area (Å²) in [4.78, 5) is 34.9. The lowest BCUT2D eigenvalue weighted by Crippen LogP contribution is -2.50. The van der Waals surface area contributed by atoms with Gasteiger partial charge in [-0.25, -0.2) is 4.79 Å². The van der Waals surface area contributed by atoms with Crippen LogP contribution in [0.2, 0.25) is 0 Å². The molecule has 1 N–H and O–H groups in total. The van der Waals surface area contributed by atoms with Gasteiger partial charge in [0.2, 0.25) is 0 Å². The Labute approximate surface area is 176 Å². The number of likely N-dealkylation sites (tertiary alicyclic amines) is 1. The third kappa shape index (κ3) is 3.51. The van der Waals surface area contributed by atoms with Gasteiger partial charge >= 0.3 is 12.1 Å². The summed E-state index contributed by atoms with van der Waals surface area (Å²) in [5.74, 6) is -0.915. The minimum atomic E-state index is -0.685. The second-order valence-electron chi connectivity index (χ2n) is 9.04. The van der Waals surface area contributed by atoms with Gasteiger partial charge in [0.05, 0.1) is 12.0 Å². The molecule has 1 amide bonds. The van der Waals surface area contributed by atoms with Crippen LogP contribution in [0.3, 0.4) is 0 Å². The van der Waals surface area contributed by atoms with Gasteiger partial charge in [-0.1, -0.05) is 0 Å². The van der Waals surface area contributed by atoms with Crippen molar-refractivity contribution < 1.29 is 19.4 Å². The van der Waals surface area contributed by atoms with E-state index >= 15 is 0 Å². The van der Waals surface area contributed by atoms with E-state index in [4.69, 9.17) is 4.74 Å². The van der Waals surface area contributed by atoms with Crippen molar-refractivity contribution in [2.75, 3.05) is 31.1 Å². The number of hydrogen-bond acceptors (Lipinski definition) is 6. The van der Waals surface area contributed by atoms with Crippen LogP contribution in [0.15, 0.2) is 24.5 Å². The highest BCUT2D eigenvalue weighted by molar-refractivity contribution is 5.72. The Kier molecular flexibility index (Phi) is 5.26. The number of carboxylic acid groups (broad SMARTS) is 1. The van der Waals surface area contributed by atoms with Gasteiger partial charge in [0, 0.05) is 43.3 Å². The monoisotopic (exact) mass is 414 g/mol. The fraction of sp³-hybridized carbons (Fsp3) is 0.682. The van der Waals surface area contributed by atoms with Crippen LogP contribution in [-0.2, 0) is 9.53 Å². The number of carboxylic acids is 1. The van der Waals surface area contributed by atoms with E-state index in [-0.39, 0.29) is 36.2 Å². The molecule has 8 nitrogen and oxygen atoms in total. The first-order valence-corrected chi connectivity index (χ1v) is 11.2. The lowest BCUT2D eigenvalue weighted by molar-refractivity contribution is -0.143. The Hall–Kier alpha value is -2.35. The van der Waals surface area contributed by atoms with Crippen molar-refractivity contribution in [1.29, 1.82) is 0 Å². The van der Waals surface area contributed by atoms with E-state index < -0.39 is 5.97 Å². The zero-order chi connectivity index (χ0) is 20.7. The molecular formula is C22H30N4O4. The van der Waals surface area contributed by atoms with Crippen molar-refractivity contribution >= 4 is 17.7 Å². The molecule has 1 aromatic rings. The van der Waals surface area contributed by atoms with Gasteiger partial charge < -0.3 is 14.7 Å². The summed E-state index contributed by atoms with van der Waals surface area (Å²) in [6.07, 6.45) is 8.70. The highest BCUT2D eigenvalue weighted by Gasteiger charge is 2.53. The summed E-state index contributed by atoms with van der Waals surface area (Å²) in [5, 5.41) is 9.24. The number of carbonyl (C=O) groups is 2. The first-order chi connectivity index (χ1) is 14.6. The maximum atomic E-state index is 12.8. The van der Waals surface area contributed by atoms with Gasteiger partial charge in [-0.3, -0.25) is 19.6 Å². The van der Waals surface area contributed by atoms with Gasteiger partial charge in [0.1, 0.15) is 6.10 Å². The van der Waals surface area contributed by atoms with E-state index in [1.165, 1.54) is 5.69 Å². The van der Waals surface area contributed by atoms with Crippen molar-refractivity contribution in [2.24, 2.45) is 5.92 Å². The maximum Gasteiger partial charge on any atom is 0.410 e. The summed E-state index contributed by atoms with van der Waals surface area (Å²) in [5.41, 5.74) is 1.19. The van der Waals surface area contributed by atoms with Crippen LogP contribution < -0.4 is 4.90 Å². The summed E-state index contributed by atoms with van der Waals surface area (Å²) in [6.45, 7) is 3.43. The Morgan fingerprint density at radius 1 is 0.967 bits per heavy atom. The molecule has 1 saturated carbocycles. The van der Waals surface area contributed by atoms with Crippen LogP contribution in [0.4, 0.5) is 10.5 Å². The van der Waals surface area contributed by atoms with Crippen LogP contribution in [0, 0.1) is 5.92 Å². The maximum absolute atomic E-state index is 12.8. The lowest BCUT2D eigenvalue weighted by atomic mass is 9.95. The van der Waals surface area contributed by atoms with Crippen molar-refractivity contribution in [1.82, 2.24) is 14.8 Å². The first kappa shape index (κ1) is 19.6. The summed E-state index contributed by atoms with van der Waals surface area (Å²) < 4.78 is 5.91. The van der Waals surface area contributed by atoms with Crippen LogP contribution in [0.25, 0.3) is 0 Å². The van der Waals surface area contributed by atoms with Crippen molar-refractivity contribution in [3.63, 3.8) is 0 Å². The number of hydrogen-bond donors (Lipinski definition) is 1. The predicted molar refractivity (Wildman–Crippen MR) is 110 cm³/mol. The van der Waals surface area contributed by atoms with E-state index in [0.717, 1.165) is 51.9 Å². The summed E-state index contributed by atoms with van der Waals surface area (Å²) in [7, 11) is 0. The van der Waals surface area contributed by atoms with Crippen LogP contribution in [0.5, 0.6) is 0 Å². The SMILES string of the molecule is O=C(O)C1CCN(C2CCC3C2OC(=O)N3C2CCN(c3ccncc3)CC2)CC1. The third-order valence-corrected chi connectivity index (χ3v) is 7.56. The molecule has 8 heteroatoms. The average molecular weight is 415 g/mol. The van der Waals surface area contributed by atoms with Gasteiger partial charge in [0.25, 0.3) is 0 Å². The van der Waals surface area contributed by atoms with Crippen LogP contribution in [0.1, 0.15) is 38.5 Å². The van der Waals surface area contributed by atoms with Gasteiger partial charge in [-0.2, -0.15) is 0 Å². The number of aromatic nitrogens is 1. The molecule has 4 aliphatic rings. The molecule has 3 saturated heterocycles. The smallest absolute Gasteiger partial charge is 0.410 e. The summed E-state index contributed by atoms with van der Waals surface area (Å²) >= 11 is 0. The minimum Gasteiger partial charge on any atom is -0.481 e. The first-order valence-electron chi connectivity index (χ1n) is 11.2. The molecule has 1 aromatic heterocycles. The van der Waals surface area contributed by atoms with E-state index in [2.05, 4.69) is 14.8 Å². The molecule has 0 bridgehead atoms. The number of anilines is 1. The van der Waals surface area contributed by atoms with Gasteiger partial charge in [-0.15, -0.1) is 0 Å². The number of carbonyl (C=O) groups excluding carboxylic acids is 1. The number of nitrogens with zero attached hydrogens (tertiary/aromatic N) is 4. The largest absolute Gasteiger partial charge is 0.481 e. The standard InChI is InChI=1S/C22H30N4O4/c27-21(28)15-5-11-25(12-6-15)18-1-2-19-20(18)30-22(29)26(19)17-7-13-24(14-8-17)16-3-9-23-10-4-16/h3-4,9-10,15,17-20H,1-2,5-8,11-14H2,(H,27,28). The predicted octanol–water partition coefficient (Wildman–Crippen LogP) is 2.20. The fourth-order valence-corrected chi connectivity index (χ4v) is 5.94. The third-order valence-electron chi connectivity index (χ3n) is 7.56. The second kappa shape index (κ2) is 8.06. The normalized spacial score (nSPS) is 31.1. The van der Waals surface area contributed by atoms with Crippen molar-refractivity contribution in [2.45, 2.75) is 62.8 Å². The number of pyridine rings is 1. The molecule has 162 valence electrons. The number of ether oxygens (including phenoxy) is 1. The molecule has 30 heavy (non-hydrogen) atoms. The molecule has 0 radical (unpaired) electrons. The second-order valence-corrected chi connectivity index (χ2v) is 9.04. The number of rotatable bonds is 4. The topological polar surface area (TPSA) is 86.2 Å². The molecule has 0 aromatic carbocycles. The lowest BCUT2D eigenvalue weighted by Gasteiger charge is -2.38. The van der Waals surface area contributed by atoms with E-state index in [1.807, 2.05) is 29.4 Å². The van der Waals surface area contributed by atoms with Crippen molar-refractivity contribution in [3.8, 4) is 0 Å². The number of amides is 1. The molecule has 1 aliphatic carbocycles. The Balaban J connectivity index is 1.20. The van der Waals surface area contributed by atoms with Gasteiger partial charge in [-0.05, 0) is 63.7 Å². The highest BCUT2D eigenvalue weighted by atomic mass is 16.6. The zero-order valence-electron chi connectivity index (χ0n) is 17.2. The minimum absolute atomic E-state index is 0.0721. The van der Waals surface area contributed by atoms with E-state index in [0.29, 0.717) is 12.8 Å². The molecule has 4 fully saturated rings. The fourth-order valence-electron chi connectivity index (χ4n) is 5.94. The molecule has 3 atom stereocenters. The van der Waals surface area contributed by atoms with Crippen molar-refractivity contribution in [3.05, 3.63) is 24.5 Å². The molecule has 4 heterocycles. The molecule has 3 aliphatic heterocycles. The Morgan fingerprint density at radius 2 is 1.63 bits per heavy atom. The van der Waals surface area contributed by atoms with E-state index in [1.54, 1.807) is 0 Å². The number of fused-ring (bicyclic) bond motifs is 1. The molecule has 5 rings (SSSR count). The molecular weight excluding hydrogens is 384 g/mol. The van der Waals surface area contributed by atoms with E-state index in [9.17, 15) is 14.7 Å². The molecule has 0 spiro atoms. The summed E-state index contributed by atoms with van der Waals surface area (Å²) in [6, 6.07) is 4.71. The van der Waals surface area contributed by atoms with Crippen LogP contribution >= 0.6 is 0 Å². The highest BCUT2D eigenvalue weighted by Crippen LogP contribution is 2.40. The number of piperidine rings is 2. The number of aliphatic carboxylic acids is 1.